The molecule has 0 fully saturated rings. The van der Waals surface area contributed by atoms with Crippen molar-refractivity contribution in [3.63, 3.8) is 0 Å². The number of hydrogen-bond acceptors (Lipinski definition) is 5. The highest BCUT2D eigenvalue weighted by Gasteiger charge is 2.29. The van der Waals surface area contributed by atoms with Crippen LogP contribution in [-0.2, 0) is 10.2 Å². The summed E-state index contributed by atoms with van der Waals surface area (Å²) >= 11 is 5.88. The molecular formula is C23H25ClN2O3. The van der Waals surface area contributed by atoms with Crippen LogP contribution in [0, 0.1) is 13.8 Å². The largest absolute Gasteiger partial charge is 0.506 e. The molecule has 5 nitrogen and oxygen atoms in total. The van der Waals surface area contributed by atoms with Gasteiger partial charge in [-0.05, 0) is 69.7 Å². The van der Waals surface area contributed by atoms with Gasteiger partial charge in [0.25, 0.3) is 0 Å². The van der Waals surface area contributed by atoms with Crippen molar-refractivity contribution in [2.75, 3.05) is 6.61 Å². The van der Waals surface area contributed by atoms with Gasteiger partial charge in [-0.15, -0.1) is 0 Å². The molecular weight excluding hydrogens is 388 g/mol. The van der Waals surface area contributed by atoms with E-state index in [0.717, 1.165) is 17.0 Å². The summed E-state index contributed by atoms with van der Waals surface area (Å²) in [7, 11) is 0. The lowest BCUT2D eigenvalue weighted by Crippen LogP contribution is -2.33. The first-order valence-corrected chi connectivity index (χ1v) is 9.52. The molecule has 3 aromatic rings. The molecule has 1 aromatic carbocycles. The molecule has 0 spiro atoms. The standard InChI is InChI=1S/C17H18ClNO2.C6H7NO/c1-12-4-9-15(10-19-12)21-11-16(20)17(2,3)13-5-7-14(18)8-6-13;1-5-2-3-6(8)4-7-5/h4-10H,11H2,1-3H3;2-4,8H,1H3. The van der Waals surface area contributed by atoms with Crippen molar-refractivity contribution in [1.29, 1.82) is 0 Å². The number of ketones is 1. The normalized spacial score (nSPS) is 10.7. The van der Waals surface area contributed by atoms with Gasteiger partial charge in [0.05, 0.1) is 17.8 Å². The number of carbonyl (C=O) groups excluding carboxylic acids is 1. The molecule has 1 N–H and O–H groups in total. The number of benzene rings is 1. The zero-order valence-electron chi connectivity index (χ0n) is 17.0. The fraction of sp³-hybridized carbons (Fsp3) is 0.261. The third-order valence-corrected chi connectivity index (χ3v) is 4.66. The Balaban J connectivity index is 0.000000313. The maximum atomic E-state index is 12.4. The van der Waals surface area contributed by atoms with Crippen molar-refractivity contribution in [3.05, 3.63) is 82.9 Å². The number of aryl methyl sites for hydroxylation is 2. The third-order valence-electron chi connectivity index (χ3n) is 4.41. The van der Waals surface area contributed by atoms with Crippen LogP contribution >= 0.6 is 11.6 Å². The Bertz CT molecular complexity index is 901. The monoisotopic (exact) mass is 412 g/mol. The van der Waals surface area contributed by atoms with E-state index in [1.807, 2.05) is 52.0 Å². The summed E-state index contributed by atoms with van der Waals surface area (Å²) in [5, 5.41) is 9.35. The molecule has 0 atom stereocenters. The van der Waals surface area contributed by atoms with Crippen LogP contribution in [0.15, 0.2) is 60.9 Å². The zero-order chi connectivity index (χ0) is 21.4. The second-order valence-electron chi connectivity index (χ2n) is 7.14. The highest BCUT2D eigenvalue weighted by molar-refractivity contribution is 6.30. The Hall–Kier alpha value is -2.92. The minimum Gasteiger partial charge on any atom is -0.506 e. The summed E-state index contributed by atoms with van der Waals surface area (Å²) in [5.74, 6) is 0.821. The Kier molecular flexibility index (Phi) is 7.74. The quantitative estimate of drug-likeness (QED) is 0.633. The van der Waals surface area contributed by atoms with Crippen LogP contribution in [0.3, 0.4) is 0 Å². The van der Waals surface area contributed by atoms with Crippen molar-refractivity contribution in [1.82, 2.24) is 9.97 Å². The van der Waals surface area contributed by atoms with Crippen molar-refractivity contribution in [2.24, 2.45) is 0 Å². The summed E-state index contributed by atoms with van der Waals surface area (Å²) in [5.41, 5.74) is 2.13. The smallest absolute Gasteiger partial charge is 0.180 e. The Morgan fingerprint density at radius 2 is 1.55 bits per heavy atom. The fourth-order valence-electron chi connectivity index (χ4n) is 2.36. The number of hydrogen-bond donors (Lipinski definition) is 1. The molecule has 6 heteroatoms. The molecule has 2 aromatic heterocycles. The number of carbonyl (C=O) groups is 1. The van der Waals surface area contributed by atoms with Crippen LogP contribution in [0.1, 0.15) is 30.8 Å². The van der Waals surface area contributed by atoms with E-state index in [0.29, 0.717) is 10.8 Å². The fourth-order valence-corrected chi connectivity index (χ4v) is 2.48. The SMILES string of the molecule is Cc1ccc(O)cn1.Cc1ccc(OCC(=O)C(C)(C)c2ccc(Cl)cc2)cn1. The average molecular weight is 413 g/mol. The number of rotatable bonds is 5. The first-order valence-electron chi connectivity index (χ1n) is 9.15. The number of aromatic hydroxyl groups is 1. The molecule has 0 saturated heterocycles. The molecule has 152 valence electrons. The summed E-state index contributed by atoms with van der Waals surface area (Å²) < 4.78 is 5.52. The molecule has 3 rings (SSSR count). The zero-order valence-corrected chi connectivity index (χ0v) is 17.8. The Morgan fingerprint density at radius 3 is 2.03 bits per heavy atom. The maximum absolute atomic E-state index is 12.4. The lowest BCUT2D eigenvalue weighted by molar-refractivity contribution is -0.125. The minimum absolute atomic E-state index is 0.00500. The molecule has 0 unspecified atom stereocenters. The Labute approximate surface area is 176 Å². The topological polar surface area (TPSA) is 72.3 Å². The number of nitrogens with zero attached hydrogens (tertiary/aromatic N) is 2. The summed E-state index contributed by atoms with van der Waals surface area (Å²) in [6, 6.07) is 14.3. The van der Waals surface area contributed by atoms with Crippen molar-refractivity contribution in [2.45, 2.75) is 33.1 Å². The van der Waals surface area contributed by atoms with Gasteiger partial charge >= 0.3 is 0 Å². The van der Waals surface area contributed by atoms with E-state index in [1.165, 1.54) is 6.20 Å². The number of Topliss-reactive ketones (excluding diaryl/α,β-unsaturated/α-hetero) is 1. The number of pyridine rings is 2. The van der Waals surface area contributed by atoms with Crippen LogP contribution in [-0.4, -0.2) is 27.5 Å². The van der Waals surface area contributed by atoms with Gasteiger partial charge in [0.1, 0.15) is 18.1 Å². The highest BCUT2D eigenvalue weighted by atomic mass is 35.5. The third kappa shape index (κ3) is 6.88. The molecule has 0 bridgehead atoms. The average Bonchev–Trinajstić information content (AvgIpc) is 2.70. The molecule has 0 radical (unpaired) electrons. The van der Waals surface area contributed by atoms with E-state index >= 15 is 0 Å². The number of halogens is 1. The molecule has 0 aliphatic rings. The van der Waals surface area contributed by atoms with Gasteiger partial charge in [-0.2, -0.15) is 0 Å². The predicted molar refractivity (Wildman–Crippen MR) is 115 cm³/mol. The second-order valence-corrected chi connectivity index (χ2v) is 7.57. The van der Waals surface area contributed by atoms with Crippen LogP contribution in [0.4, 0.5) is 0 Å². The summed E-state index contributed by atoms with van der Waals surface area (Å²) in [6.07, 6.45) is 3.05. The predicted octanol–water partition coefficient (Wildman–Crippen LogP) is 5.06. The molecule has 0 aliphatic carbocycles. The molecule has 0 amide bonds. The van der Waals surface area contributed by atoms with Crippen molar-refractivity contribution in [3.8, 4) is 11.5 Å². The van der Waals surface area contributed by atoms with E-state index in [4.69, 9.17) is 21.4 Å². The van der Waals surface area contributed by atoms with Gasteiger partial charge in [0.2, 0.25) is 0 Å². The highest BCUT2D eigenvalue weighted by Crippen LogP contribution is 2.26. The van der Waals surface area contributed by atoms with Gasteiger partial charge < -0.3 is 9.84 Å². The van der Waals surface area contributed by atoms with Crippen molar-refractivity contribution >= 4 is 17.4 Å². The van der Waals surface area contributed by atoms with Gasteiger partial charge in [-0.3, -0.25) is 14.8 Å². The number of ether oxygens (including phenoxy) is 1. The summed E-state index contributed by atoms with van der Waals surface area (Å²) in [6.45, 7) is 7.56. The van der Waals surface area contributed by atoms with Gasteiger partial charge in [-0.1, -0.05) is 23.7 Å². The van der Waals surface area contributed by atoms with E-state index in [-0.39, 0.29) is 18.1 Å². The van der Waals surface area contributed by atoms with Gasteiger partial charge in [0, 0.05) is 16.4 Å². The number of aromatic nitrogens is 2. The van der Waals surface area contributed by atoms with E-state index in [9.17, 15) is 4.79 Å². The van der Waals surface area contributed by atoms with Gasteiger partial charge in [-0.25, -0.2) is 0 Å². The first-order chi connectivity index (χ1) is 13.7. The van der Waals surface area contributed by atoms with Crippen LogP contribution in [0.25, 0.3) is 0 Å². The second kappa shape index (κ2) is 10.0. The molecule has 0 saturated carbocycles. The molecule has 0 aliphatic heterocycles. The van der Waals surface area contributed by atoms with Crippen LogP contribution in [0.2, 0.25) is 5.02 Å². The minimum atomic E-state index is -0.622. The van der Waals surface area contributed by atoms with E-state index < -0.39 is 5.41 Å². The summed E-state index contributed by atoms with van der Waals surface area (Å²) in [4.78, 5) is 20.4. The van der Waals surface area contributed by atoms with Crippen LogP contribution in [0.5, 0.6) is 11.5 Å². The van der Waals surface area contributed by atoms with Gasteiger partial charge in [0.15, 0.2) is 5.78 Å². The lowest BCUT2D eigenvalue weighted by Gasteiger charge is -2.23. The Morgan fingerprint density at radius 1 is 0.966 bits per heavy atom. The first kappa shape index (κ1) is 22.4. The lowest BCUT2D eigenvalue weighted by atomic mass is 9.81. The molecule has 2 heterocycles. The maximum Gasteiger partial charge on any atom is 0.180 e. The van der Waals surface area contributed by atoms with Crippen molar-refractivity contribution < 1.29 is 14.6 Å². The van der Waals surface area contributed by atoms with E-state index in [1.54, 1.807) is 30.5 Å². The van der Waals surface area contributed by atoms with E-state index in [2.05, 4.69) is 9.97 Å². The molecule has 29 heavy (non-hydrogen) atoms. The van der Waals surface area contributed by atoms with Crippen LogP contribution < -0.4 is 4.74 Å².